The summed E-state index contributed by atoms with van der Waals surface area (Å²) in [6.45, 7) is 2.05. The smallest absolute Gasteiger partial charge is 0.171 e. The van der Waals surface area contributed by atoms with Crippen LogP contribution in [0.25, 0.3) is 0 Å². The number of hydrogen-bond acceptors (Lipinski definition) is 3. The van der Waals surface area contributed by atoms with E-state index in [1.54, 1.807) is 6.07 Å². The molecular formula is C14H13ClN2O. The summed E-state index contributed by atoms with van der Waals surface area (Å²) in [4.78, 5) is 8.77. The van der Waals surface area contributed by atoms with Crippen LogP contribution >= 0.6 is 11.6 Å². The highest BCUT2D eigenvalue weighted by Crippen LogP contribution is 2.35. The molecule has 92 valence electrons. The third-order valence-electron chi connectivity index (χ3n) is 3.06. The van der Waals surface area contributed by atoms with Gasteiger partial charge in [-0.3, -0.25) is 0 Å². The Kier molecular flexibility index (Phi) is 2.92. The minimum Gasteiger partial charge on any atom is -0.482 e. The highest BCUT2D eigenvalue weighted by Gasteiger charge is 2.26. The molecule has 2 aromatic rings. The molecule has 0 radical (unpaired) electrons. The predicted octanol–water partition coefficient (Wildman–Crippen LogP) is 3.37. The summed E-state index contributed by atoms with van der Waals surface area (Å²) in [7, 11) is 0. The molecule has 3 nitrogen and oxygen atoms in total. The molecule has 1 aliphatic rings. The number of para-hydroxylation sites is 1. The van der Waals surface area contributed by atoms with E-state index in [1.807, 2.05) is 25.1 Å². The Balaban J connectivity index is 1.92. The van der Waals surface area contributed by atoms with E-state index in [0.29, 0.717) is 11.0 Å². The molecule has 3 rings (SSSR count). The van der Waals surface area contributed by atoms with E-state index < -0.39 is 0 Å². The zero-order valence-electron chi connectivity index (χ0n) is 10.1. The Labute approximate surface area is 111 Å². The van der Waals surface area contributed by atoms with E-state index in [4.69, 9.17) is 16.3 Å². The van der Waals surface area contributed by atoms with Crippen LogP contribution in [0.1, 0.15) is 30.1 Å². The number of nitrogens with zero attached hydrogens (tertiary/aromatic N) is 2. The third-order valence-corrected chi connectivity index (χ3v) is 3.26. The van der Waals surface area contributed by atoms with E-state index in [0.717, 1.165) is 24.3 Å². The first-order valence-corrected chi connectivity index (χ1v) is 6.42. The number of fused-ring (bicyclic) bond motifs is 1. The normalized spacial score (nSPS) is 17.3. The van der Waals surface area contributed by atoms with Gasteiger partial charge in [-0.15, -0.1) is 0 Å². The molecule has 0 aliphatic carbocycles. The van der Waals surface area contributed by atoms with Gasteiger partial charge in [0.15, 0.2) is 11.9 Å². The lowest BCUT2D eigenvalue weighted by atomic mass is 10.1. The minimum absolute atomic E-state index is 0.119. The van der Waals surface area contributed by atoms with Crippen molar-refractivity contribution in [1.29, 1.82) is 0 Å². The number of aromatic nitrogens is 2. The van der Waals surface area contributed by atoms with Crippen molar-refractivity contribution in [2.75, 3.05) is 0 Å². The molecular weight excluding hydrogens is 248 g/mol. The quantitative estimate of drug-likeness (QED) is 0.777. The van der Waals surface area contributed by atoms with Gasteiger partial charge >= 0.3 is 0 Å². The molecule has 1 unspecified atom stereocenters. The van der Waals surface area contributed by atoms with Crippen molar-refractivity contribution in [2.45, 2.75) is 25.9 Å². The first-order chi connectivity index (χ1) is 8.76. The second kappa shape index (κ2) is 4.58. The lowest BCUT2D eigenvalue weighted by Gasteiger charge is -2.10. The Bertz CT molecular complexity index is 561. The average Bonchev–Trinajstić information content (AvgIpc) is 2.81. The largest absolute Gasteiger partial charge is 0.482 e. The summed E-state index contributed by atoms with van der Waals surface area (Å²) < 4.78 is 5.86. The van der Waals surface area contributed by atoms with Crippen molar-refractivity contribution in [2.24, 2.45) is 0 Å². The van der Waals surface area contributed by atoms with E-state index in [2.05, 4.69) is 16.0 Å². The summed E-state index contributed by atoms with van der Waals surface area (Å²) >= 11 is 6.01. The molecule has 0 fully saturated rings. The van der Waals surface area contributed by atoms with Gasteiger partial charge in [0, 0.05) is 12.1 Å². The lowest BCUT2D eigenvalue weighted by Crippen LogP contribution is -2.10. The average molecular weight is 261 g/mol. The monoisotopic (exact) mass is 260 g/mol. The highest BCUT2D eigenvalue weighted by atomic mass is 35.5. The number of rotatable bonds is 2. The van der Waals surface area contributed by atoms with Crippen molar-refractivity contribution >= 4 is 11.6 Å². The Morgan fingerprint density at radius 3 is 2.94 bits per heavy atom. The summed E-state index contributed by atoms with van der Waals surface area (Å²) in [6, 6.07) is 9.83. The molecule has 1 aromatic heterocycles. The zero-order valence-corrected chi connectivity index (χ0v) is 10.8. The Morgan fingerprint density at radius 2 is 2.17 bits per heavy atom. The molecule has 0 bridgehead atoms. The van der Waals surface area contributed by atoms with Crippen molar-refractivity contribution in [3.63, 3.8) is 0 Å². The van der Waals surface area contributed by atoms with E-state index in [9.17, 15) is 0 Å². The van der Waals surface area contributed by atoms with Gasteiger partial charge in [0.05, 0.1) is 0 Å². The summed E-state index contributed by atoms with van der Waals surface area (Å²) in [5, 5.41) is 0.483. The maximum Gasteiger partial charge on any atom is 0.171 e. The van der Waals surface area contributed by atoms with Gasteiger partial charge in [0.2, 0.25) is 0 Å². The molecule has 0 amide bonds. The predicted molar refractivity (Wildman–Crippen MR) is 69.9 cm³/mol. The lowest BCUT2D eigenvalue weighted by molar-refractivity contribution is 0.227. The summed E-state index contributed by atoms with van der Waals surface area (Å²) in [5.41, 5.74) is 2.15. The fourth-order valence-electron chi connectivity index (χ4n) is 2.13. The van der Waals surface area contributed by atoms with Crippen molar-refractivity contribution in [1.82, 2.24) is 9.97 Å². The van der Waals surface area contributed by atoms with Gasteiger partial charge in [-0.1, -0.05) is 36.7 Å². The molecule has 1 aliphatic heterocycles. The van der Waals surface area contributed by atoms with E-state index >= 15 is 0 Å². The second-order valence-electron chi connectivity index (χ2n) is 4.31. The molecule has 18 heavy (non-hydrogen) atoms. The van der Waals surface area contributed by atoms with Gasteiger partial charge in [0.25, 0.3) is 0 Å². The standard InChI is InChI=1S/C14H13ClN2O/c1-2-10-8-13(15)17-14(16-10)12-7-9-5-3-4-6-11(9)18-12/h3-6,8,12H,2,7H2,1H3. The van der Waals surface area contributed by atoms with Crippen LogP contribution in [-0.2, 0) is 12.8 Å². The van der Waals surface area contributed by atoms with Crippen LogP contribution in [0.15, 0.2) is 30.3 Å². The van der Waals surface area contributed by atoms with Crippen LogP contribution in [0.3, 0.4) is 0 Å². The summed E-state index contributed by atoms with van der Waals surface area (Å²) in [5.74, 6) is 1.60. The highest BCUT2D eigenvalue weighted by molar-refractivity contribution is 6.29. The zero-order chi connectivity index (χ0) is 12.5. The molecule has 1 aromatic carbocycles. The number of hydrogen-bond donors (Lipinski definition) is 0. The van der Waals surface area contributed by atoms with E-state index in [1.165, 1.54) is 5.56 Å². The maximum absolute atomic E-state index is 6.01. The van der Waals surface area contributed by atoms with Crippen LogP contribution in [0.2, 0.25) is 5.15 Å². The number of ether oxygens (including phenoxy) is 1. The van der Waals surface area contributed by atoms with Gasteiger partial charge in [-0.2, -0.15) is 0 Å². The topological polar surface area (TPSA) is 35.0 Å². The van der Waals surface area contributed by atoms with Gasteiger partial charge in [-0.05, 0) is 24.1 Å². The summed E-state index contributed by atoms with van der Waals surface area (Å²) in [6.07, 6.45) is 1.53. The first-order valence-electron chi connectivity index (χ1n) is 6.04. The number of aryl methyl sites for hydroxylation is 1. The molecule has 0 saturated heterocycles. The second-order valence-corrected chi connectivity index (χ2v) is 4.70. The van der Waals surface area contributed by atoms with Crippen LogP contribution in [-0.4, -0.2) is 9.97 Å². The van der Waals surface area contributed by atoms with Crippen LogP contribution < -0.4 is 4.74 Å². The van der Waals surface area contributed by atoms with Crippen molar-refractivity contribution in [3.8, 4) is 5.75 Å². The molecule has 0 spiro atoms. The molecule has 0 N–H and O–H groups in total. The van der Waals surface area contributed by atoms with Gasteiger partial charge in [-0.25, -0.2) is 9.97 Å². The maximum atomic E-state index is 6.01. The van der Waals surface area contributed by atoms with E-state index in [-0.39, 0.29) is 6.10 Å². The third kappa shape index (κ3) is 2.06. The Hall–Kier alpha value is -1.61. The van der Waals surface area contributed by atoms with Crippen LogP contribution in [0, 0.1) is 0 Å². The van der Waals surface area contributed by atoms with Gasteiger partial charge < -0.3 is 4.74 Å². The Morgan fingerprint density at radius 1 is 1.33 bits per heavy atom. The molecule has 2 heterocycles. The van der Waals surface area contributed by atoms with Crippen LogP contribution in [0.5, 0.6) is 5.75 Å². The number of benzene rings is 1. The molecule has 4 heteroatoms. The van der Waals surface area contributed by atoms with Crippen molar-refractivity contribution in [3.05, 3.63) is 52.6 Å². The fraction of sp³-hybridized carbons (Fsp3) is 0.286. The fourth-order valence-corrected chi connectivity index (χ4v) is 2.35. The van der Waals surface area contributed by atoms with Gasteiger partial charge in [0.1, 0.15) is 10.9 Å². The minimum atomic E-state index is -0.119. The SMILES string of the molecule is CCc1cc(Cl)nc(C2Cc3ccccc3O2)n1. The van der Waals surface area contributed by atoms with Crippen LogP contribution in [0.4, 0.5) is 0 Å². The first kappa shape index (κ1) is 11.5. The molecule has 1 atom stereocenters. The number of halogens is 1. The van der Waals surface area contributed by atoms with Crippen molar-refractivity contribution < 1.29 is 4.74 Å². The molecule has 0 saturated carbocycles.